The fourth-order valence-electron chi connectivity index (χ4n) is 4.19. The molecule has 2 aromatic rings. The van der Waals surface area contributed by atoms with Crippen molar-refractivity contribution in [3.8, 4) is 5.75 Å². The van der Waals surface area contributed by atoms with Crippen molar-refractivity contribution >= 4 is 23.7 Å². The van der Waals surface area contributed by atoms with Gasteiger partial charge in [0.05, 0.1) is 23.6 Å². The topological polar surface area (TPSA) is 167 Å². The fraction of sp³-hybridized carbons (Fsp3) is 0.444. The molecule has 204 valence electrons. The number of carbonyl (C=O) groups is 4. The number of nitrogens with one attached hydrogen (secondary N) is 3. The number of hydrogen-bond acceptors (Lipinski definition) is 8. The first kappa shape index (κ1) is 28.6. The Labute approximate surface area is 221 Å². The number of ether oxygens (including phenoxy) is 1. The van der Waals surface area contributed by atoms with Gasteiger partial charge in [0.25, 0.3) is 5.91 Å². The van der Waals surface area contributed by atoms with E-state index in [1.807, 2.05) is 0 Å². The summed E-state index contributed by atoms with van der Waals surface area (Å²) in [5, 5.41) is 29.2. The van der Waals surface area contributed by atoms with Crippen molar-refractivity contribution in [2.45, 2.75) is 64.4 Å². The van der Waals surface area contributed by atoms with Gasteiger partial charge in [-0.25, -0.2) is 4.79 Å². The lowest BCUT2D eigenvalue weighted by atomic mass is 9.91. The lowest BCUT2D eigenvalue weighted by Gasteiger charge is -2.34. The molecule has 3 amide bonds. The third kappa shape index (κ3) is 6.86. The van der Waals surface area contributed by atoms with Gasteiger partial charge in [-0.05, 0) is 43.0 Å². The molecule has 6 atom stereocenters. The van der Waals surface area contributed by atoms with E-state index in [-0.39, 0.29) is 23.7 Å². The Balaban J connectivity index is 1.99. The first-order chi connectivity index (χ1) is 18.0. The fourth-order valence-corrected chi connectivity index (χ4v) is 4.19. The van der Waals surface area contributed by atoms with Crippen LogP contribution >= 0.6 is 0 Å². The number of nitrogens with zero attached hydrogens (tertiary/aromatic N) is 1. The minimum Gasteiger partial charge on any atom is -0.507 e. The van der Waals surface area contributed by atoms with E-state index >= 15 is 0 Å². The van der Waals surface area contributed by atoms with E-state index in [2.05, 4.69) is 20.9 Å². The molecule has 1 aliphatic heterocycles. The number of carbonyl (C=O) groups excluding carboxylic acids is 4. The third-order valence-corrected chi connectivity index (χ3v) is 6.55. The summed E-state index contributed by atoms with van der Waals surface area (Å²) >= 11 is 0. The van der Waals surface area contributed by atoms with E-state index < -0.39 is 59.9 Å². The van der Waals surface area contributed by atoms with Crippen LogP contribution in [0.5, 0.6) is 5.75 Å². The van der Waals surface area contributed by atoms with Gasteiger partial charge in [0, 0.05) is 12.4 Å². The molecule has 11 heteroatoms. The molecule has 5 N–H and O–H groups in total. The van der Waals surface area contributed by atoms with Crippen LogP contribution in [-0.4, -0.2) is 69.2 Å². The van der Waals surface area contributed by atoms with Crippen molar-refractivity contribution in [2.75, 3.05) is 0 Å². The van der Waals surface area contributed by atoms with Gasteiger partial charge >= 0.3 is 5.97 Å². The summed E-state index contributed by atoms with van der Waals surface area (Å²) in [5.41, 5.74) is 0.628. The predicted molar refractivity (Wildman–Crippen MR) is 137 cm³/mol. The molecule has 1 aromatic carbocycles. The number of phenolic OH excluding ortho intramolecular Hbond substituents is 1. The number of phenols is 1. The summed E-state index contributed by atoms with van der Waals surface area (Å²) in [5.74, 6) is -4.51. The van der Waals surface area contributed by atoms with E-state index in [0.717, 1.165) is 0 Å². The lowest BCUT2D eigenvalue weighted by molar-refractivity contribution is -0.157. The molecule has 1 aliphatic rings. The molecule has 0 saturated carbocycles. The van der Waals surface area contributed by atoms with Crippen molar-refractivity contribution in [3.63, 3.8) is 0 Å². The highest BCUT2D eigenvalue weighted by Crippen LogP contribution is 2.19. The Morgan fingerprint density at radius 2 is 1.79 bits per heavy atom. The molecule has 6 unspecified atom stereocenters. The van der Waals surface area contributed by atoms with E-state index in [9.17, 15) is 29.4 Å². The maximum Gasteiger partial charge on any atom is 0.329 e. The summed E-state index contributed by atoms with van der Waals surface area (Å²) in [6.45, 7) is 6.38. The molecule has 1 aromatic heterocycles. The van der Waals surface area contributed by atoms with Crippen LogP contribution < -0.4 is 16.0 Å². The molecular weight excluding hydrogens is 492 g/mol. The zero-order chi connectivity index (χ0) is 28.0. The predicted octanol–water partition coefficient (Wildman–Crippen LogP) is 0.696. The molecule has 1 saturated heterocycles. The number of aromatic hydroxyl groups is 1. The molecule has 0 aliphatic carbocycles. The largest absolute Gasteiger partial charge is 0.507 e. The number of para-hydroxylation sites is 1. The van der Waals surface area contributed by atoms with Crippen molar-refractivity contribution in [1.29, 1.82) is 0 Å². The zero-order valence-corrected chi connectivity index (χ0v) is 21.8. The SMILES string of the molecule is CC(C)C1NC(=O)C(C)C(O)C(Cc2cccnc2)NC(=O)C(NC(=O)c2ccccc2O)C(C)OC1=O. The van der Waals surface area contributed by atoms with Crippen LogP contribution in [0.3, 0.4) is 0 Å². The van der Waals surface area contributed by atoms with Crippen molar-refractivity contribution in [3.05, 3.63) is 59.9 Å². The number of amides is 3. The summed E-state index contributed by atoms with van der Waals surface area (Å²) in [7, 11) is 0. The molecule has 0 spiro atoms. The van der Waals surface area contributed by atoms with Crippen LogP contribution in [-0.2, 0) is 25.5 Å². The number of aliphatic hydroxyl groups excluding tert-OH is 1. The van der Waals surface area contributed by atoms with E-state index in [1.54, 1.807) is 50.5 Å². The van der Waals surface area contributed by atoms with Gasteiger partial charge in [-0.3, -0.25) is 19.4 Å². The Morgan fingerprint density at radius 3 is 2.42 bits per heavy atom. The first-order valence-electron chi connectivity index (χ1n) is 12.5. The highest BCUT2D eigenvalue weighted by Gasteiger charge is 2.39. The van der Waals surface area contributed by atoms with Gasteiger partial charge in [0.1, 0.15) is 23.9 Å². The third-order valence-electron chi connectivity index (χ3n) is 6.55. The van der Waals surface area contributed by atoms with Gasteiger partial charge in [-0.2, -0.15) is 0 Å². The second kappa shape index (κ2) is 12.5. The molecule has 2 heterocycles. The number of benzene rings is 1. The lowest BCUT2D eigenvalue weighted by Crippen LogP contribution is -2.61. The van der Waals surface area contributed by atoms with Crippen LogP contribution in [0, 0.1) is 11.8 Å². The summed E-state index contributed by atoms with van der Waals surface area (Å²) in [4.78, 5) is 56.6. The molecule has 3 rings (SSSR count). The van der Waals surface area contributed by atoms with Gasteiger partial charge in [0.2, 0.25) is 11.8 Å². The molecule has 0 radical (unpaired) electrons. The molecule has 38 heavy (non-hydrogen) atoms. The number of pyridine rings is 1. The Morgan fingerprint density at radius 1 is 1.08 bits per heavy atom. The second-order valence-corrected chi connectivity index (χ2v) is 9.80. The van der Waals surface area contributed by atoms with Crippen LogP contribution in [0.4, 0.5) is 0 Å². The van der Waals surface area contributed by atoms with Gasteiger partial charge in [-0.15, -0.1) is 0 Å². The molecule has 1 fully saturated rings. The molecule has 11 nitrogen and oxygen atoms in total. The van der Waals surface area contributed by atoms with Crippen LogP contribution in [0.1, 0.15) is 43.6 Å². The van der Waals surface area contributed by atoms with E-state index in [1.165, 1.54) is 26.0 Å². The highest BCUT2D eigenvalue weighted by atomic mass is 16.5. The number of esters is 1. The normalized spacial score (nSPS) is 26.8. The minimum atomic E-state index is -1.38. The van der Waals surface area contributed by atoms with Crippen molar-refractivity contribution < 1.29 is 34.1 Å². The highest BCUT2D eigenvalue weighted by molar-refractivity contribution is 6.00. The second-order valence-electron chi connectivity index (χ2n) is 9.80. The molecular formula is C27H34N4O7. The smallest absolute Gasteiger partial charge is 0.329 e. The van der Waals surface area contributed by atoms with E-state index in [0.29, 0.717) is 5.56 Å². The van der Waals surface area contributed by atoms with Gasteiger partial charge < -0.3 is 30.9 Å². The Bertz CT molecular complexity index is 1160. The van der Waals surface area contributed by atoms with Crippen LogP contribution in [0.2, 0.25) is 0 Å². The Kier molecular flexibility index (Phi) is 9.40. The van der Waals surface area contributed by atoms with E-state index in [4.69, 9.17) is 4.74 Å². The standard InChI is InChI=1S/C27H34N4O7/c1-14(2)21-27(37)38-16(4)22(31-25(35)18-9-5-6-10-20(18)32)26(36)29-19(12-17-8-7-11-28-13-17)23(33)15(3)24(34)30-21/h5-11,13-16,19,21-23,32-33H,12H2,1-4H3,(H,29,36)(H,30,34)(H,31,35). The first-order valence-corrected chi connectivity index (χ1v) is 12.5. The van der Waals surface area contributed by atoms with Crippen LogP contribution in [0.25, 0.3) is 0 Å². The van der Waals surface area contributed by atoms with Gasteiger partial charge in [0.15, 0.2) is 0 Å². The maximum atomic E-state index is 13.5. The number of aromatic nitrogens is 1. The monoisotopic (exact) mass is 526 g/mol. The number of rotatable bonds is 5. The maximum absolute atomic E-state index is 13.5. The zero-order valence-electron chi connectivity index (χ0n) is 21.8. The van der Waals surface area contributed by atoms with Crippen molar-refractivity contribution in [2.24, 2.45) is 11.8 Å². The average molecular weight is 527 g/mol. The number of cyclic esters (lactones) is 1. The minimum absolute atomic E-state index is 0.0715. The number of hydrogen-bond donors (Lipinski definition) is 5. The molecule has 0 bridgehead atoms. The van der Waals surface area contributed by atoms with Gasteiger partial charge in [-0.1, -0.05) is 39.0 Å². The summed E-state index contributed by atoms with van der Waals surface area (Å²) < 4.78 is 5.55. The van der Waals surface area contributed by atoms with Crippen LogP contribution in [0.15, 0.2) is 48.8 Å². The Hall–Kier alpha value is -3.99. The number of aliphatic hydroxyl groups is 1. The average Bonchev–Trinajstić information content (AvgIpc) is 2.88. The van der Waals surface area contributed by atoms with Crippen molar-refractivity contribution in [1.82, 2.24) is 20.9 Å². The summed E-state index contributed by atoms with van der Waals surface area (Å²) in [6, 6.07) is 5.91. The quantitative estimate of drug-likeness (QED) is 0.355. The summed E-state index contributed by atoms with van der Waals surface area (Å²) in [6.07, 6.45) is 0.801.